The van der Waals surface area contributed by atoms with E-state index in [1.165, 1.54) is 43.7 Å². The number of ether oxygens (including phenoxy) is 4. The van der Waals surface area contributed by atoms with Crippen LogP contribution >= 0.6 is 15.9 Å². The first-order valence-electron chi connectivity index (χ1n) is 14.1. The van der Waals surface area contributed by atoms with Crippen molar-refractivity contribution in [2.75, 3.05) is 20.3 Å². The van der Waals surface area contributed by atoms with Crippen LogP contribution in [0.1, 0.15) is 36.6 Å². The highest BCUT2D eigenvalue weighted by atomic mass is 79.9. The molecule has 2 amide bonds. The second-order valence-electron chi connectivity index (χ2n) is 9.94. The molecule has 0 aromatic heterocycles. The molecule has 14 nitrogen and oxygen atoms in total. The molecule has 3 aromatic rings. The summed E-state index contributed by atoms with van der Waals surface area (Å²) in [5, 5.41) is 31.4. The molecule has 248 valence electrons. The number of nitro groups is 1. The summed E-state index contributed by atoms with van der Waals surface area (Å²) in [5.41, 5.74) is 4.22. The molecule has 3 aromatic carbocycles. The second-order valence-corrected chi connectivity index (χ2v) is 10.8. The van der Waals surface area contributed by atoms with E-state index >= 15 is 0 Å². The van der Waals surface area contributed by atoms with Gasteiger partial charge in [0.1, 0.15) is 19.0 Å². The van der Waals surface area contributed by atoms with Gasteiger partial charge in [0, 0.05) is 17.3 Å². The van der Waals surface area contributed by atoms with Gasteiger partial charge in [-0.2, -0.15) is 5.10 Å². The lowest BCUT2D eigenvalue weighted by molar-refractivity contribution is -0.386. The average Bonchev–Trinajstić information content (AvgIpc) is 3.03. The van der Waals surface area contributed by atoms with Crippen molar-refractivity contribution in [3.8, 4) is 17.2 Å². The average molecular weight is 717 g/mol. The Hall–Kier alpha value is -5.22. The number of urea groups is 1. The fourth-order valence-corrected chi connectivity index (χ4v) is 5.09. The van der Waals surface area contributed by atoms with Crippen molar-refractivity contribution in [3.63, 3.8) is 0 Å². The largest absolute Gasteiger partial charge is 0.490 e. The molecule has 1 aliphatic heterocycles. The number of carbonyl (C=O) groups is 2. The fraction of sp³-hybridized carbons (Fsp3) is 0.258. The van der Waals surface area contributed by atoms with Crippen molar-refractivity contribution in [1.82, 2.24) is 16.1 Å². The zero-order valence-electron chi connectivity index (χ0n) is 25.4. The number of hydrazone groups is 1. The summed E-state index contributed by atoms with van der Waals surface area (Å²) in [4.78, 5) is 35.7. The third-order valence-corrected chi connectivity index (χ3v) is 7.24. The van der Waals surface area contributed by atoms with Crippen LogP contribution in [0.15, 0.2) is 75.4 Å². The summed E-state index contributed by atoms with van der Waals surface area (Å²) in [5.74, 6) is -0.454. The topological polar surface area (TPSA) is 183 Å². The Morgan fingerprint density at radius 1 is 1.17 bits per heavy atom. The normalized spacial score (nSPS) is 15.0. The smallest absolute Gasteiger partial charge is 0.337 e. The molecule has 47 heavy (non-hydrogen) atoms. The zero-order chi connectivity index (χ0) is 34.1. The monoisotopic (exact) mass is 715 g/mol. The van der Waals surface area contributed by atoms with Crippen LogP contribution in [0, 0.1) is 15.9 Å². The number of rotatable bonds is 14. The predicted octanol–water partition coefficient (Wildman–Crippen LogP) is 4.60. The third-order valence-electron chi connectivity index (χ3n) is 6.65. The minimum absolute atomic E-state index is 0.01000. The Labute approximate surface area is 276 Å². The van der Waals surface area contributed by atoms with Gasteiger partial charge in [-0.25, -0.2) is 14.0 Å². The van der Waals surface area contributed by atoms with E-state index in [1.807, 2.05) is 0 Å². The van der Waals surface area contributed by atoms with Crippen molar-refractivity contribution >= 4 is 39.8 Å². The van der Waals surface area contributed by atoms with Gasteiger partial charge >= 0.3 is 17.7 Å². The van der Waals surface area contributed by atoms with Gasteiger partial charge in [-0.05, 0) is 71.2 Å². The number of aliphatic hydroxyl groups excluding tert-OH is 1. The van der Waals surface area contributed by atoms with Crippen molar-refractivity contribution < 1.29 is 43.0 Å². The number of esters is 1. The molecule has 4 rings (SSSR count). The van der Waals surface area contributed by atoms with E-state index in [2.05, 4.69) is 37.1 Å². The lowest BCUT2D eigenvalue weighted by atomic mass is 9.95. The Balaban J connectivity index is 1.41. The maximum atomic E-state index is 13.2. The number of hydrogen-bond acceptors (Lipinski definition) is 11. The minimum atomic E-state index is -1.29. The van der Waals surface area contributed by atoms with E-state index in [-0.39, 0.29) is 42.6 Å². The molecule has 0 saturated heterocycles. The van der Waals surface area contributed by atoms with Crippen LogP contribution in [0.5, 0.6) is 17.2 Å². The van der Waals surface area contributed by atoms with Crippen molar-refractivity contribution in [2.24, 2.45) is 5.10 Å². The number of benzene rings is 3. The van der Waals surface area contributed by atoms with Crippen LogP contribution in [0.4, 0.5) is 14.9 Å². The van der Waals surface area contributed by atoms with E-state index in [4.69, 9.17) is 18.9 Å². The molecule has 0 unspecified atom stereocenters. The summed E-state index contributed by atoms with van der Waals surface area (Å²) in [6, 6.07) is 11.9. The van der Waals surface area contributed by atoms with E-state index in [0.29, 0.717) is 32.6 Å². The molecule has 4 N–H and O–H groups in total. The lowest BCUT2D eigenvalue weighted by Crippen LogP contribution is -2.45. The van der Waals surface area contributed by atoms with Crippen LogP contribution in [-0.4, -0.2) is 54.8 Å². The number of carbonyl (C=O) groups excluding carboxylic acids is 2. The molecular formula is C31H31BrFN5O9. The first kappa shape index (κ1) is 34.6. The second kappa shape index (κ2) is 15.9. The lowest BCUT2D eigenvalue weighted by Gasteiger charge is -2.28. The first-order valence-corrected chi connectivity index (χ1v) is 14.9. The fourth-order valence-electron chi connectivity index (χ4n) is 4.51. The van der Waals surface area contributed by atoms with Gasteiger partial charge in [0.2, 0.25) is 5.75 Å². The number of amides is 2. The maximum absolute atomic E-state index is 13.2. The van der Waals surface area contributed by atoms with E-state index < -0.39 is 35.0 Å². The highest BCUT2D eigenvalue weighted by Gasteiger charge is 2.32. The molecule has 1 heterocycles. The maximum Gasteiger partial charge on any atom is 0.337 e. The number of methoxy groups -OCH3 is 1. The minimum Gasteiger partial charge on any atom is -0.490 e. The molecule has 2 atom stereocenters. The van der Waals surface area contributed by atoms with Gasteiger partial charge in [-0.15, -0.1) is 0 Å². The Morgan fingerprint density at radius 2 is 1.91 bits per heavy atom. The van der Waals surface area contributed by atoms with E-state index in [1.54, 1.807) is 38.1 Å². The Bertz CT molecular complexity index is 1700. The van der Waals surface area contributed by atoms with Crippen molar-refractivity contribution in [1.29, 1.82) is 0 Å². The van der Waals surface area contributed by atoms with Crippen LogP contribution in [0.3, 0.4) is 0 Å². The van der Waals surface area contributed by atoms with Gasteiger partial charge in [0.25, 0.3) is 0 Å². The van der Waals surface area contributed by atoms with Crippen molar-refractivity contribution in [3.05, 3.63) is 103 Å². The molecule has 0 bridgehead atoms. The SMILES string of the molecule is CCOc1cc([C@@H]2NC(=O)NC(C)=C2C(=O)OC)ccc1OC[C@H](O)N/N=C/c1cc(Br)c(OCc2ccc(F)cc2)c([N+](=O)[O-])c1. The summed E-state index contributed by atoms with van der Waals surface area (Å²) in [6.45, 7) is 3.35. The predicted molar refractivity (Wildman–Crippen MR) is 170 cm³/mol. The first-order chi connectivity index (χ1) is 22.5. The van der Waals surface area contributed by atoms with Gasteiger partial charge in [-0.1, -0.05) is 18.2 Å². The third kappa shape index (κ3) is 8.95. The molecule has 1 aliphatic rings. The van der Waals surface area contributed by atoms with E-state index in [0.717, 1.165) is 0 Å². The van der Waals surface area contributed by atoms with Gasteiger partial charge in [-0.3, -0.25) is 15.5 Å². The number of nitro benzene ring substituents is 1. The molecule has 0 saturated carbocycles. The van der Waals surface area contributed by atoms with Crippen LogP contribution in [0.25, 0.3) is 0 Å². The van der Waals surface area contributed by atoms with Gasteiger partial charge in [0.15, 0.2) is 17.7 Å². The number of hydrogen-bond donors (Lipinski definition) is 4. The van der Waals surface area contributed by atoms with E-state index in [9.17, 15) is 29.2 Å². The van der Waals surface area contributed by atoms with Crippen LogP contribution in [0.2, 0.25) is 0 Å². The number of aliphatic hydroxyl groups is 1. The van der Waals surface area contributed by atoms with Crippen LogP contribution < -0.4 is 30.3 Å². The quantitative estimate of drug-likeness (QED) is 0.0605. The standard InChI is InChI=1S/C31H31BrFN5O9/c1-4-45-25-13-20(28-27(30(40)44-3)17(2)35-31(41)36-28)7-10-24(25)46-16-26(39)37-34-14-19-11-22(32)29(23(12-19)38(42)43)47-15-18-5-8-21(33)9-6-18/h5-14,26,28,37,39H,4,15-16H2,1-3H3,(H2,35,36,41)/b34-14+/t26-,28-/m0/s1. The van der Waals surface area contributed by atoms with Gasteiger partial charge in [0.05, 0.1) is 40.9 Å². The molecule has 0 fully saturated rings. The molecule has 0 aliphatic carbocycles. The summed E-state index contributed by atoms with van der Waals surface area (Å²) >= 11 is 3.29. The van der Waals surface area contributed by atoms with Gasteiger partial charge < -0.3 is 34.7 Å². The zero-order valence-corrected chi connectivity index (χ0v) is 27.0. The molecular weight excluding hydrogens is 685 g/mol. The summed E-state index contributed by atoms with van der Waals surface area (Å²) in [6.07, 6.45) is -0.0234. The number of halogens is 2. The number of nitrogens with zero attached hydrogens (tertiary/aromatic N) is 2. The molecule has 0 spiro atoms. The Morgan fingerprint density at radius 3 is 2.60 bits per heavy atom. The number of allylic oxidation sites excluding steroid dienone is 1. The summed E-state index contributed by atoms with van der Waals surface area (Å²) in [7, 11) is 1.25. The molecule has 16 heteroatoms. The highest BCUT2D eigenvalue weighted by Crippen LogP contribution is 2.37. The molecule has 0 radical (unpaired) electrons. The highest BCUT2D eigenvalue weighted by molar-refractivity contribution is 9.10. The summed E-state index contributed by atoms with van der Waals surface area (Å²) < 4.78 is 35.4. The van der Waals surface area contributed by atoms with Crippen LogP contribution in [-0.2, 0) is 16.1 Å². The van der Waals surface area contributed by atoms with Crippen molar-refractivity contribution in [2.45, 2.75) is 32.7 Å². The number of nitrogens with one attached hydrogen (secondary N) is 3. The Kier molecular flexibility index (Phi) is 11.7.